The molecule has 7 heteroatoms. The molecule has 0 atom stereocenters. The summed E-state index contributed by atoms with van der Waals surface area (Å²) < 4.78 is 10.7. The van der Waals surface area contributed by atoms with Crippen molar-refractivity contribution in [3.05, 3.63) is 64.8 Å². The van der Waals surface area contributed by atoms with Gasteiger partial charge in [0, 0.05) is 29.0 Å². The molecule has 3 aromatic rings. The largest absolute Gasteiger partial charge is 0.454 e. The van der Waals surface area contributed by atoms with Crippen LogP contribution in [0, 0.1) is 6.92 Å². The molecule has 2 heterocycles. The zero-order valence-corrected chi connectivity index (χ0v) is 14.9. The van der Waals surface area contributed by atoms with E-state index in [1.165, 1.54) is 0 Å². The van der Waals surface area contributed by atoms with Crippen molar-refractivity contribution in [3.63, 3.8) is 0 Å². The molecule has 1 aliphatic rings. The van der Waals surface area contributed by atoms with Crippen LogP contribution in [0.5, 0.6) is 11.5 Å². The maximum absolute atomic E-state index is 5.92. The van der Waals surface area contributed by atoms with Crippen LogP contribution in [0.3, 0.4) is 0 Å². The van der Waals surface area contributed by atoms with Gasteiger partial charge in [0.2, 0.25) is 12.7 Å². The summed E-state index contributed by atoms with van der Waals surface area (Å²) in [5.41, 5.74) is 2.84. The average molecular weight is 369 g/mol. The highest BCUT2D eigenvalue weighted by Gasteiger charge is 2.13. The molecule has 26 heavy (non-hydrogen) atoms. The van der Waals surface area contributed by atoms with E-state index in [4.69, 9.17) is 21.1 Å². The molecular weight excluding hydrogens is 352 g/mol. The van der Waals surface area contributed by atoms with Crippen LogP contribution in [0.4, 0.5) is 17.5 Å². The van der Waals surface area contributed by atoms with Gasteiger partial charge in [-0.3, -0.25) is 0 Å². The van der Waals surface area contributed by atoms with Crippen molar-refractivity contribution in [1.29, 1.82) is 0 Å². The molecule has 0 amide bonds. The van der Waals surface area contributed by atoms with E-state index in [1.54, 1.807) is 0 Å². The van der Waals surface area contributed by atoms with Crippen molar-refractivity contribution >= 4 is 29.1 Å². The summed E-state index contributed by atoms with van der Waals surface area (Å²) in [7, 11) is 0. The van der Waals surface area contributed by atoms with Gasteiger partial charge in [-0.1, -0.05) is 17.7 Å². The Morgan fingerprint density at radius 3 is 2.65 bits per heavy atom. The maximum atomic E-state index is 5.92. The molecule has 0 aliphatic carbocycles. The van der Waals surface area contributed by atoms with E-state index >= 15 is 0 Å². The average Bonchev–Trinajstić information content (AvgIpc) is 3.09. The minimum atomic E-state index is 0.271. The summed E-state index contributed by atoms with van der Waals surface area (Å²) in [5, 5.41) is 7.20. The van der Waals surface area contributed by atoms with Crippen LogP contribution in [0.15, 0.2) is 48.5 Å². The first-order valence-electron chi connectivity index (χ1n) is 8.16. The molecular formula is C19H17ClN4O2. The number of hydrogen-bond acceptors (Lipinski definition) is 6. The fourth-order valence-electron chi connectivity index (χ4n) is 2.62. The standard InChI is InChI=1S/C19H17ClN4O2/c1-12-8-18(23-15-5-3-14(20)4-6-15)24-19(22-12)21-10-13-2-7-16-17(9-13)26-11-25-16/h2-9H,10-11H2,1H3,(H2,21,22,23,24). The fourth-order valence-corrected chi connectivity index (χ4v) is 2.75. The van der Waals surface area contributed by atoms with Crippen LogP contribution in [0.25, 0.3) is 0 Å². The zero-order valence-electron chi connectivity index (χ0n) is 14.1. The van der Waals surface area contributed by atoms with Crippen molar-refractivity contribution in [2.24, 2.45) is 0 Å². The van der Waals surface area contributed by atoms with Crippen LogP contribution < -0.4 is 20.1 Å². The third-order valence-electron chi connectivity index (χ3n) is 3.86. The molecule has 0 unspecified atom stereocenters. The Bertz CT molecular complexity index is 931. The first-order valence-corrected chi connectivity index (χ1v) is 8.54. The van der Waals surface area contributed by atoms with Crippen molar-refractivity contribution in [2.75, 3.05) is 17.4 Å². The van der Waals surface area contributed by atoms with Gasteiger partial charge in [0.1, 0.15) is 5.82 Å². The Morgan fingerprint density at radius 2 is 1.81 bits per heavy atom. The number of nitrogens with zero attached hydrogens (tertiary/aromatic N) is 2. The Hall–Kier alpha value is -2.99. The lowest BCUT2D eigenvalue weighted by Gasteiger charge is -2.10. The van der Waals surface area contributed by atoms with Gasteiger partial charge in [-0.25, -0.2) is 4.98 Å². The van der Waals surface area contributed by atoms with Crippen LogP contribution in [-0.4, -0.2) is 16.8 Å². The molecule has 2 N–H and O–H groups in total. The number of halogens is 1. The molecule has 0 bridgehead atoms. The van der Waals surface area contributed by atoms with Crippen LogP contribution in [0.2, 0.25) is 5.02 Å². The Morgan fingerprint density at radius 1 is 1.00 bits per heavy atom. The fraction of sp³-hybridized carbons (Fsp3) is 0.158. The minimum absolute atomic E-state index is 0.271. The van der Waals surface area contributed by atoms with Crippen molar-refractivity contribution in [2.45, 2.75) is 13.5 Å². The number of hydrogen-bond donors (Lipinski definition) is 2. The summed E-state index contributed by atoms with van der Waals surface area (Å²) in [4.78, 5) is 8.95. The Labute approximate surface area is 156 Å². The lowest BCUT2D eigenvalue weighted by Crippen LogP contribution is -2.06. The highest BCUT2D eigenvalue weighted by Crippen LogP contribution is 2.32. The van der Waals surface area contributed by atoms with Crippen LogP contribution in [0.1, 0.15) is 11.3 Å². The predicted molar refractivity (Wildman–Crippen MR) is 101 cm³/mol. The number of aryl methyl sites for hydroxylation is 1. The first-order chi connectivity index (χ1) is 12.7. The van der Waals surface area contributed by atoms with Gasteiger partial charge in [0.25, 0.3) is 0 Å². The summed E-state index contributed by atoms with van der Waals surface area (Å²) >= 11 is 5.92. The molecule has 4 rings (SSSR count). The van der Waals surface area contributed by atoms with E-state index in [0.717, 1.165) is 28.4 Å². The summed E-state index contributed by atoms with van der Waals surface area (Å²) in [6, 6.07) is 15.2. The third kappa shape index (κ3) is 3.81. The number of aromatic nitrogens is 2. The lowest BCUT2D eigenvalue weighted by atomic mass is 10.2. The van der Waals surface area contributed by atoms with E-state index in [2.05, 4.69) is 20.6 Å². The smallest absolute Gasteiger partial charge is 0.231 e. The molecule has 0 saturated carbocycles. The zero-order chi connectivity index (χ0) is 17.9. The summed E-state index contributed by atoms with van der Waals surface area (Å²) in [5.74, 6) is 2.81. The van der Waals surface area contributed by atoms with E-state index in [0.29, 0.717) is 23.3 Å². The van der Waals surface area contributed by atoms with Crippen molar-refractivity contribution < 1.29 is 9.47 Å². The monoisotopic (exact) mass is 368 g/mol. The molecule has 0 radical (unpaired) electrons. The van der Waals surface area contributed by atoms with Gasteiger partial charge in [0.05, 0.1) is 0 Å². The highest BCUT2D eigenvalue weighted by molar-refractivity contribution is 6.30. The van der Waals surface area contributed by atoms with Crippen LogP contribution >= 0.6 is 11.6 Å². The number of nitrogens with one attached hydrogen (secondary N) is 2. The maximum Gasteiger partial charge on any atom is 0.231 e. The summed E-state index contributed by atoms with van der Waals surface area (Å²) in [6.45, 7) is 2.79. The van der Waals surface area contributed by atoms with Gasteiger partial charge < -0.3 is 20.1 Å². The van der Waals surface area contributed by atoms with Crippen molar-refractivity contribution in [1.82, 2.24) is 9.97 Å². The van der Waals surface area contributed by atoms with E-state index in [1.807, 2.05) is 55.5 Å². The number of benzene rings is 2. The van der Waals surface area contributed by atoms with Crippen LogP contribution in [-0.2, 0) is 6.54 Å². The molecule has 6 nitrogen and oxygen atoms in total. The quantitative estimate of drug-likeness (QED) is 0.690. The Kier molecular flexibility index (Phi) is 4.50. The second-order valence-electron chi connectivity index (χ2n) is 5.89. The number of fused-ring (bicyclic) bond motifs is 1. The molecule has 132 valence electrons. The van der Waals surface area contributed by atoms with E-state index in [9.17, 15) is 0 Å². The first kappa shape index (κ1) is 16.5. The number of ether oxygens (including phenoxy) is 2. The molecule has 1 aromatic heterocycles. The van der Waals surface area contributed by atoms with Gasteiger partial charge in [-0.05, 0) is 48.9 Å². The highest BCUT2D eigenvalue weighted by atomic mass is 35.5. The number of rotatable bonds is 5. The van der Waals surface area contributed by atoms with Gasteiger partial charge in [-0.2, -0.15) is 4.98 Å². The second kappa shape index (κ2) is 7.09. The lowest BCUT2D eigenvalue weighted by molar-refractivity contribution is 0.174. The molecule has 2 aromatic carbocycles. The molecule has 0 saturated heterocycles. The summed E-state index contributed by atoms with van der Waals surface area (Å²) in [6.07, 6.45) is 0. The number of anilines is 3. The third-order valence-corrected chi connectivity index (χ3v) is 4.11. The SMILES string of the molecule is Cc1cc(Nc2ccc(Cl)cc2)nc(NCc2ccc3c(c2)OCO3)n1. The second-order valence-corrected chi connectivity index (χ2v) is 6.33. The van der Waals surface area contributed by atoms with E-state index in [-0.39, 0.29) is 6.79 Å². The van der Waals surface area contributed by atoms with Gasteiger partial charge >= 0.3 is 0 Å². The topological polar surface area (TPSA) is 68.3 Å². The van der Waals surface area contributed by atoms with Crippen molar-refractivity contribution in [3.8, 4) is 11.5 Å². The normalized spacial score (nSPS) is 12.1. The van der Waals surface area contributed by atoms with Gasteiger partial charge in [0.15, 0.2) is 11.5 Å². The Balaban J connectivity index is 1.46. The van der Waals surface area contributed by atoms with Gasteiger partial charge in [-0.15, -0.1) is 0 Å². The molecule has 0 spiro atoms. The molecule has 0 fully saturated rings. The minimum Gasteiger partial charge on any atom is -0.454 e. The predicted octanol–water partition coefficient (Wildman–Crippen LogP) is 4.52. The molecule has 1 aliphatic heterocycles. The van der Waals surface area contributed by atoms with E-state index < -0.39 is 0 Å².